The second-order valence-corrected chi connectivity index (χ2v) is 24.4. The zero-order chi connectivity index (χ0) is 50.0. The van der Waals surface area contributed by atoms with Crippen LogP contribution in [0, 0.1) is 29.3 Å². The molecule has 1 aromatic carbocycles. The second-order valence-electron chi connectivity index (χ2n) is 20.8. The number of methoxy groups -OCH3 is 1. The first-order chi connectivity index (χ1) is 32.5. The molecule has 3 saturated heterocycles. The molecule has 1 aromatic rings. The van der Waals surface area contributed by atoms with Gasteiger partial charge in [-0.2, -0.15) is 0 Å². The van der Waals surface area contributed by atoms with Gasteiger partial charge in [-0.1, -0.05) is 20.8 Å². The lowest BCUT2D eigenvalue weighted by atomic mass is 9.46. The van der Waals surface area contributed by atoms with E-state index in [9.17, 15) is 23.7 Å². The van der Waals surface area contributed by atoms with Crippen molar-refractivity contribution in [3.05, 3.63) is 41.0 Å². The molecule has 2 spiro atoms. The quantitative estimate of drug-likeness (QED) is 0.0327. The number of terminal acetylenes is 1. The molecule has 19 nitrogen and oxygen atoms in total. The predicted octanol–water partition coefficient (Wildman–Crippen LogP) is 5.93. The maximum Gasteiger partial charge on any atom is 0.406 e. The van der Waals surface area contributed by atoms with Crippen LogP contribution in [0.2, 0.25) is 0 Å². The number of hydrogen-bond donors (Lipinski definition) is 4. The lowest BCUT2D eigenvalue weighted by Crippen LogP contribution is -2.69. The van der Waals surface area contributed by atoms with Crippen molar-refractivity contribution in [1.29, 1.82) is 0 Å². The monoisotopic (exact) mass is 1000 g/mol. The van der Waals surface area contributed by atoms with Crippen molar-refractivity contribution in [3.63, 3.8) is 0 Å². The molecule has 4 heterocycles. The minimum atomic E-state index is -4.44. The van der Waals surface area contributed by atoms with E-state index in [2.05, 4.69) is 33.4 Å². The fraction of sp³-hybridized carbons (Fsp3) is 0.708. The molecule has 7 aliphatic rings. The Morgan fingerprint density at radius 2 is 1.67 bits per heavy atom. The minimum Gasteiger partial charge on any atom is -0.458 e. The van der Waals surface area contributed by atoms with Gasteiger partial charge in [-0.25, -0.2) is 19.2 Å². The van der Waals surface area contributed by atoms with Gasteiger partial charge in [0.15, 0.2) is 5.60 Å². The van der Waals surface area contributed by atoms with E-state index in [1.54, 1.807) is 52.1 Å². The highest BCUT2D eigenvalue weighted by molar-refractivity contribution is 7.65. The van der Waals surface area contributed by atoms with E-state index >= 15 is 4.57 Å². The van der Waals surface area contributed by atoms with Crippen LogP contribution in [0.3, 0.4) is 0 Å². The van der Waals surface area contributed by atoms with Crippen LogP contribution in [0.15, 0.2) is 35.4 Å². The molecule has 4 aliphatic heterocycles. The van der Waals surface area contributed by atoms with Crippen molar-refractivity contribution in [1.82, 2.24) is 15.7 Å². The Morgan fingerprint density at radius 1 is 0.942 bits per heavy atom. The van der Waals surface area contributed by atoms with Gasteiger partial charge in [-0.3, -0.25) is 23.2 Å². The SMILES string of the molecule is C#CP(=O)(Nc1ccc(C(=O)NCCCCCOP(=O)(NC(C)C(=O)NC(C)C(=O)OC(C)(C)C)O[C@@H]2[C@@]3(C(C)C)O[C@H]3[C@@H]3O[C@]34[C@]23O[C@H]3CC2C3=C(CC[C@@]24C)C(=O)OC3)cc1)OCCCOC. The highest BCUT2D eigenvalue weighted by Crippen LogP contribution is 2.84. The molecule has 13 atom stereocenters. The number of cyclic esters (lactones) is 1. The number of hydrogen-bond acceptors (Lipinski definition) is 15. The van der Waals surface area contributed by atoms with Crippen LogP contribution in [0.1, 0.15) is 111 Å². The van der Waals surface area contributed by atoms with Crippen molar-refractivity contribution in [2.45, 2.75) is 159 Å². The summed E-state index contributed by atoms with van der Waals surface area (Å²) in [6.07, 6.45) is 7.33. The summed E-state index contributed by atoms with van der Waals surface area (Å²) in [6.45, 7) is 15.6. The number of amides is 2. The molecule has 0 radical (unpaired) electrons. The van der Waals surface area contributed by atoms with E-state index in [4.69, 9.17) is 48.4 Å². The summed E-state index contributed by atoms with van der Waals surface area (Å²) in [4.78, 5) is 52.2. The topological polar surface area (TPSA) is 244 Å². The fourth-order valence-corrected chi connectivity index (χ4v) is 14.2. The Hall–Kier alpha value is -3.66. The lowest BCUT2D eigenvalue weighted by molar-refractivity contribution is -0.158. The highest BCUT2D eigenvalue weighted by atomic mass is 31.2. The zero-order valence-electron chi connectivity index (χ0n) is 41.0. The third kappa shape index (κ3) is 9.37. The molecule has 2 amide bonds. The summed E-state index contributed by atoms with van der Waals surface area (Å²) >= 11 is 0. The Bertz CT molecular complexity index is 2370. The van der Waals surface area contributed by atoms with Crippen LogP contribution >= 0.6 is 15.3 Å². The summed E-state index contributed by atoms with van der Waals surface area (Å²) in [5.74, 6) is -2.00. The molecule has 3 aliphatic carbocycles. The van der Waals surface area contributed by atoms with Gasteiger partial charge >= 0.3 is 27.2 Å². The van der Waals surface area contributed by atoms with Crippen LogP contribution in [0.4, 0.5) is 5.69 Å². The molecule has 2 saturated carbocycles. The van der Waals surface area contributed by atoms with Crippen molar-refractivity contribution >= 4 is 44.7 Å². The van der Waals surface area contributed by atoms with E-state index in [1.165, 1.54) is 13.8 Å². The Labute approximate surface area is 404 Å². The van der Waals surface area contributed by atoms with Crippen LogP contribution in [-0.4, -0.2) is 123 Å². The van der Waals surface area contributed by atoms with Gasteiger partial charge in [0.05, 0.1) is 25.4 Å². The number of unbranched alkanes of at least 4 members (excludes halogenated alkanes) is 2. The van der Waals surface area contributed by atoms with Gasteiger partial charge in [0, 0.05) is 48.2 Å². The number of nitrogens with one attached hydrogen (secondary N) is 4. The van der Waals surface area contributed by atoms with E-state index in [0.29, 0.717) is 69.3 Å². The van der Waals surface area contributed by atoms with Gasteiger partial charge in [-0.15, -0.1) is 6.42 Å². The molecule has 0 aromatic heterocycles. The third-order valence-corrected chi connectivity index (χ3v) is 18.1. The number of esters is 2. The second kappa shape index (κ2) is 19.1. The van der Waals surface area contributed by atoms with E-state index in [1.807, 2.05) is 13.8 Å². The first kappa shape index (κ1) is 51.7. The van der Waals surface area contributed by atoms with Crippen molar-refractivity contribution < 1.29 is 70.3 Å². The van der Waals surface area contributed by atoms with Gasteiger partial charge in [0.1, 0.15) is 47.8 Å². The van der Waals surface area contributed by atoms with Gasteiger partial charge in [0.2, 0.25) is 5.91 Å². The Morgan fingerprint density at radius 3 is 2.35 bits per heavy atom. The number of rotatable bonds is 23. The summed E-state index contributed by atoms with van der Waals surface area (Å²) < 4.78 is 83.2. The molecule has 21 heteroatoms. The first-order valence-electron chi connectivity index (χ1n) is 24.1. The summed E-state index contributed by atoms with van der Waals surface area (Å²) in [5, 5.41) is 11.2. The van der Waals surface area contributed by atoms with Crippen molar-refractivity contribution in [2.24, 2.45) is 17.3 Å². The molecule has 5 unspecified atom stereocenters. The molecule has 5 fully saturated rings. The molecule has 380 valence electrons. The largest absolute Gasteiger partial charge is 0.458 e. The van der Waals surface area contributed by atoms with Gasteiger partial charge in [-0.05, 0) is 121 Å². The van der Waals surface area contributed by atoms with Crippen LogP contribution < -0.4 is 20.8 Å². The molecular formula is C48H68N4O15P2. The van der Waals surface area contributed by atoms with Crippen LogP contribution in [0.25, 0.3) is 0 Å². The van der Waals surface area contributed by atoms with Crippen LogP contribution in [0.5, 0.6) is 0 Å². The summed E-state index contributed by atoms with van der Waals surface area (Å²) in [7, 11) is -6.47. The normalized spacial score (nSPS) is 33.8. The smallest absolute Gasteiger partial charge is 0.406 e. The number of ether oxygens (including phenoxy) is 6. The Balaban J connectivity index is 0.931. The number of carbonyl (C=O) groups excluding carboxylic acids is 4. The maximum absolute atomic E-state index is 15.4. The molecule has 0 bridgehead atoms. The highest BCUT2D eigenvalue weighted by Gasteiger charge is 3.01. The lowest BCUT2D eigenvalue weighted by Gasteiger charge is -2.54. The number of carbonyl (C=O) groups is 4. The standard InChI is InChI=1S/C48H68N4O15P2/c1-11-68(57,61-25-15-23-59-10)52-32-18-16-31(17-19-32)40(54)49-22-13-12-14-24-62-69(58,51-29(4)39(53)50-30(5)41(55)66-44(6,7)8)67-43-46(28(2)3)37(64-46)38-48(65-38)45(9)21-20-33-34(27-60-42(33)56)35(45)26-36-47(43,48)63-36/h1,16-19,28-30,35-38,43H,12-15,20-27H2,2-10H3,(H,49,54)(H,50,53)(H,51,58)(H,52,57)/t29?,30?,35?,36-,37-,38-,43+,45-,46-,47+,48+,68?,69?/m0/s1. The van der Waals surface area contributed by atoms with Gasteiger partial charge in [0.25, 0.3) is 5.91 Å². The third-order valence-electron chi connectivity index (χ3n) is 14.9. The van der Waals surface area contributed by atoms with Crippen LogP contribution in [-0.2, 0) is 65.5 Å². The van der Waals surface area contributed by atoms with Crippen molar-refractivity contribution in [2.75, 3.05) is 45.2 Å². The van der Waals surface area contributed by atoms with E-state index < -0.39 is 73.1 Å². The molecule has 4 N–H and O–H groups in total. The van der Waals surface area contributed by atoms with E-state index in [0.717, 1.165) is 11.1 Å². The summed E-state index contributed by atoms with van der Waals surface area (Å²) in [5.41, 5.74) is 0.629. The van der Waals surface area contributed by atoms with Crippen molar-refractivity contribution in [3.8, 4) is 12.1 Å². The average molecular weight is 1000 g/mol. The maximum atomic E-state index is 15.4. The molecular weight excluding hydrogens is 934 g/mol. The molecule has 8 rings (SSSR count). The fourth-order valence-electron chi connectivity index (χ4n) is 11.4. The Kier molecular flexibility index (Phi) is 14.3. The predicted molar refractivity (Wildman–Crippen MR) is 251 cm³/mol. The van der Waals surface area contributed by atoms with E-state index in [-0.39, 0.29) is 61.8 Å². The minimum absolute atomic E-state index is 0.0353. The number of epoxide rings is 3. The zero-order valence-corrected chi connectivity index (χ0v) is 42.8. The number of benzene rings is 1. The van der Waals surface area contributed by atoms with Gasteiger partial charge < -0.3 is 48.7 Å². The number of anilines is 1. The number of fused-ring (bicyclic) bond motifs is 4. The molecule has 69 heavy (non-hydrogen) atoms. The summed E-state index contributed by atoms with van der Waals surface area (Å²) in [6, 6.07) is 4.17. The average Bonchev–Trinajstić information content (AvgIpc) is 4.23. The first-order valence-corrected chi connectivity index (χ1v) is 27.2.